The Hall–Kier alpha value is -4.29. The number of nitrogens with zero attached hydrogens (tertiary/aromatic N) is 5. The van der Waals surface area contributed by atoms with Gasteiger partial charge in [-0.25, -0.2) is 45.3 Å². The fraction of sp³-hybridized carbons (Fsp3) is 0.395. The standard InChI is InChI=1S/C38H45F2N7O5S3/c1-24-21-30(32(52-5)23-31(24)47-17-15-46(16-18-47)19-20-54(6,48)49)43-37-41-14-13-29(42-37)34-33(44-36(53-34)38(2,3)4)25-9-7-10-26(22-25)45-55(50,51)35-27(39)11-8-12-28(35)40/h7-9,11-14,21-23,26,45H,10,15-20H2,1-6H3,(H,41,42,43). The minimum absolute atomic E-state index is 0.145. The molecular formula is C38H45F2N7O5S3. The highest BCUT2D eigenvalue weighted by molar-refractivity contribution is 7.90. The fourth-order valence-electron chi connectivity index (χ4n) is 6.39. The van der Waals surface area contributed by atoms with Gasteiger partial charge < -0.3 is 15.0 Å². The first-order valence-electron chi connectivity index (χ1n) is 17.7. The molecule has 0 saturated carbocycles. The first-order chi connectivity index (χ1) is 25.9. The average molecular weight is 814 g/mol. The number of nitrogens with one attached hydrogen (secondary N) is 2. The summed E-state index contributed by atoms with van der Waals surface area (Å²) in [5.74, 6) is -1.27. The third-order valence-electron chi connectivity index (χ3n) is 9.25. The topological polar surface area (TPSA) is 147 Å². The van der Waals surface area contributed by atoms with Crippen LogP contribution in [0.1, 0.15) is 43.5 Å². The summed E-state index contributed by atoms with van der Waals surface area (Å²) < 4.78 is 86.6. The first kappa shape index (κ1) is 40.4. The van der Waals surface area contributed by atoms with Crippen LogP contribution >= 0.6 is 11.3 Å². The SMILES string of the molecule is COc1cc(N2CCN(CCS(C)(=O)=O)CC2)c(C)cc1Nc1nccc(-c2sc(C(C)(C)C)nc2C2=CC(NS(=O)(=O)c3c(F)cccc3F)CC=C2)n1. The van der Waals surface area contributed by atoms with E-state index < -0.39 is 42.4 Å². The van der Waals surface area contributed by atoms with Gasteiger partial charge in [0, 0.05) is 68.4 Å². The van der Waals surface area contributed by atoms with Crippen LogP contribution in [0.3, 0.4) is 0 Å². The quantitative estimate of drug-likeness (QED) is 0.171. The molecule has 0 bridgehead atoms. The maximum Gasteiger partial charge on any atom is 0.246 e. The van der Waals surface area contributed by atoms with Gasteiger partial charge in [0.2, 0.25) is 16.0 Å². The third-order valence-corrected chi connectivity index (χ3v) is 13.2. The minimum Gasteiger partial charge on any atom is -0.494 e. The first-order valence-corrected chi connectivity index (χ1v) is 22.1. The molecule has 2 aliphatic rings. The van der Waals surface area contributed by atoms with Gasteiger partial charge in [-0.05, 0) is 48.7 Å². The summed E-state index contributed by atoms with van der Waals surface area (Å²) in [7, 11) is -5.95. The Labute approximate surface area is 325 Å². The Kier molecular flexibility index (Phi) is 11.8. The van der Waals surface area contributed by atoms with E-state index in [9.17, 15) is 25.6 Å². The van der Waals surface area contributed by atoms with E-state index in [1.54, 1.807) is 31.5 Å². The van der Waals surface area contributed by atoms with Crippen molar-refractivity contribution < 1.29 is 30.4 Å². The Morgan fingerprint density at radius 2 is 1.73 bits per heavy atom. The molecule has 294 valence electrons. The molecule has 12 nitrogen and oxygen atoms in total. The number of hydrogen-bond donors (Lipinski definition) is 2. The molecule has 1 unspecified atom stereocenters. The Bertz CT molecular complexity index is 2330. The number of rotatable bonds is 12. The summed E-state index contributed by atoms with van der Waals surface area (Å²) in [4.78, 5) is 18.5. The number of aryl methyl sites for hydroxylation is 1. The zero-order valence-electron chi connectivity index (χ0n) is 31.6. The monoisotopic (exact) mass is 813 g/mol. The average Bonchev–Trinajstić information content (AvgIpc) is 3.58. The Morgan fingerprint density at radius 1 is 1.02 bits per heavy atom. The van der Waals surface area contributed by atoms with Gasteiger partial charge in [-0.15, -0.1) is 11.3 Å². The molecule has 1 fully saturated rings. The van der Waals surface area contributed by atoms with Crippen LogP contribution in [0.25, 0.3) is 16.1 Å². The van der Waals surface area contributed by atoms with Crippen molar-refractivity contribution in [2.24, 2.45) is 0 Å². The number of piperazine rings is 1. The highest BCUT2D eigenvalue weighted by atomic mass is 32.2. The molecule has 1 aliphatic carbocycles. The molecule has 1 aliphatic heterocycles. The lowest BCUT2D eigenvalue weighted by atomic mass is 9.97. The van der Waals surface area contributed by atoms with E-state index in [0.717, 1.165) is 65.5 Å². The van der Waals surface area contributed by atoms with E-state index in [2.05, 4.69) is 45.6 Å². The van der Waals surface area contributed by atoms with Crippen molar-refractivity contribution in [3.8, 4) is 16.3 Å². The molecule has 2 aromatic carbocycles. The predicted molar refractivity (Wildman–Crippen MR) is 213 cm³/mol. The maximum atomic E-state index is 14.4. The predicted octanol–water partition coefficient (Wildman–Crippen LogP) is 6.09. The van der Waals surface area contributed by atoms with Crippen LogP contribution in [0, 0.1) is 18.6 Å². The number of sulfonamides is 1. The van der Waals surface area contributed by atoms with Gasteiger partial charge in [-0.2, -0.15) is 0 Å². The van der Waals surface area contributed by atoms with E-state index in [4.69, 9.17) is 14.7 Å². The number of benzene rings is 2. The van der Waals surface area contributed by atoms with E-state index in [1.807, 2.05) is 25.1 Å². The van der Waals surface area contributed by atoms with Crippen LogP contribution in [0.2, 0.25) is 0 Å². The van der Waals surface area contributed by atoms with Gasteiger partial charge in [0.05, 0.1) is 39.8 Å². The van der Waals surface area contributed by atoms with Crippen molar-refractivity contribution >= 4 is 54.1 Å². The molecule has 0 amide bonds. The molecule has 1 atom stereocenters. The van der Waals surface area contributed by atoms with E-state index in [-0.39, 0.29) is 17.6 Å². The smallest absolute Gasteiger partial charge is 0.246 e. The summed E-state index contributed by atoms with van der Waals surface area (Å²) in [5, 5.41) is 4.16. The van der Waals surface area contributed by atoms with Crippen molar-refractivity contribution in [1.29, 1.82) is 0 Å². The minimum atomic E-state index is -4.53. The van der Waals surface area contributed by atoms with Gasteiger partial charge in [0.15, 0.2) is 4.90 Å². The van der Waals surface area contributed by atoms with E-state index in [1.165, 1.54) is 17.6 Å². The summed E-state index contributed by atoms with van der Waals surface area (Å²) in [6, 6.07) is 7.89. The van der Waals surface area contributed by atoms with Crippen molar-refractivity contribution in [3.63, 3.8) is 0 Å². The number of halogens is 2. The summed E-state index contributed by atoms with van der Waals surface area (Å²) in [6.07, 6.45) is 8.53. The number of thiazole rings is 1. The summed E-state index contributed by atoms with van der Waals surface area (Å²) in [6.45, 7) is 11.7. The van der Waals surface area contributed by atoms with Gasteiger partial charge in [-0.1, -0.05) is 45.1 Å². The normalized spacial score (nSPS) is 17.0. The van der Waals surface area contributed by atoms with Gasteiger partial charge in [0.1, 0.15) is 27.2 Å². The van der Waals surface area contributed by atoms with Crippen LogP contribution in [-0.2, 0) is 25.3 Å². The van der Waals surface area contributed by atoms with Crippen LogP contribution in [0.5, 0.6) is 5.75 Å². The molecule has 17 heteroatoms. The van der Waals surface area contributed by atoms with E-state index in [0.29, 0.717) is 40.9 Å². The molecule has 6 rings (SSSR count). The molecular weight excluding hydrogens is 769 g/mol. The van der Waals surface area contributed by atoms with Gasteiger partial charge in [0.25, 0.3) is 0 Å². The van der Waals surface area contributed by atoms with E-state index >= 15 is 0 Å². The highest BCUT2D eigenvalue weighted by Gasteiger charge is 2.29. The largest absolute Gasteiger partial charge is 0.494 e. The lowest BCUT2D eigenvalue weighted by Crippen LogP contribution is -2.47. The molecule has 55 heavy (non-hydrogen) atoms. The van der Waals surface area contributed by atoms with Gasteiger partial charge >= 0.3 is 0 Å². The lowest BCUT2D eigenvalue weighted by Gasteiger charge is -2.37. The molecule has 0 radical (unpaired) electrons. The second-order valence-corrected chi connectivity index (χ2v) is 19.6. The van der Waals surface area contributed by atoms with Crippen LogP contribution < -0.4 is 19.7 Å². The second kappa shape index (κ2) is 16.1. The molecule has 2 aromatic heterocycles. The van der Waals surface area contributed by atoms with Crippen LogP contribution in [-0.4, -0.2) is 94.6 Å². The maximum absolute atomic E-state index is 14.4. The molecule has 4 aromatic rings. The summed E-state index contributed by atoms with van der Waals surface area (Å²) in [5.41, 5.74) is 4.21. The molecule has 1 saturated heterocycles. The number of ether oxygens (including phenoxy) is 1. The third kappa shape index (κ3) is 9.57. The van der Waals surface area contributed by atoms with Crippen LogP contribution in [0.15, 0.2) is 65.7 Å². The van der Waals surface area contributed by atoms with Crippen molar-refractivity contribution in [1.82, 2.24) is 24.6 Å². The number of aromatic nitrogens is 3. The van der Waals surface area contributed by atoms with Crippen molar-refractivity contribution in [3.05, 3.63) is 88.7 Å². The zero-order chi connectivity index (χ0) is 39.7. The number of hydrogen-bond acceptors (Lipinski definition) is 12. The second-order valence-electron chi connectivity index (χ2n) is 14.7. The molecule has 0 spiro atoms. The number of sulfone groups is 1. The number of anilines is 3. The van der Waals surface area contributed by atoms with Crippen molar-refractivity contribution in [2.75, 3.05) is 62.1 Å². The Morgan fingerprint density at radius 3 is 2.38 bits per heavy atom. The molecule has 2 N–H and O–H groups in total. The number of methoxy groups -OCH3 is 1. The van der Waals surface area contributed by atoms with Gasteiger partial charge in [-0.3, -0.25) is 4.90 Å². The number of allylic oxidation sites excluding steroid dienone is 2. The highest BCUT2D eigenvalue weighted by Crippen LogP contribution is 2.40. The zero-order valence-corrected chi connectivity index (χ0v) is 34.0. The van der Waals surface area contributed by atoms with Crippen molar-refractivity contribution in [2.45, 2.75) is 50.5 Å². The van der Waals surface area contributed by atoms with Crippen LogP contribution in [0.4, 0.5) is 26.1 Å². The Balaban J connectivity index is 1.26. The fourth-order valence-corrected chi connectivity index (χ4v) is 9.42. The lowest BCUT2D eigenvalue weighted by molar-refractivity contribution is 0.272. The molecule has 3 heterocycles. The summed E-state index contributed by atoms with van der Waals surface area (Å²) >= 11 is 1.47.